The van der Waals surface area contributed by atoms with Crippen molar-refractivity contribution in [3.05, 3.63) is 48.2 Å². The summed E-state index contributed by atoms with van der Waals surface area (Å²) in [6, 6.07) is 7.79. The molecule has 1 fully saturated rings. The fraction of sp³-hybridized carbons (Fsp3) is 0.500. The van der Waals surface area contributed by atoms with Gasteiger partial charge in [0.05, 0.1) is 0 Å². The van der Waals surface area contributed by atoms with Crippen molar-refractivity contribution < 1.29 is 9.59 Å². The number of carbonyl (C=O) groups excluding carboxylic acids is 2. The van der Waals surface area contributed by atoms with Gasteiger partial charge >= 0.3 is 0 Å². The lowest BCUT2D eigenvalue weighted by molar-refractivity contribution is -0.127. The van der Waals surface area contributed by atoms with Crippen LogP contribution in [0.4, 0.5) is 11.4 Å². The second-order valence-corrected chi connectivity index (χ2v) is 8.34. The molecule has 32 heavy (non-hydrogen) atoms. The molecule has 1 aliphatic heterocycles. The molecule has 2 rings (SSSR count). The van der Waals surface area contributed by atoms with Gasteiger partial charge in [-0.15, -0.1) is 0 Å². The molecule has 0 saturated carbocycles. The summed E-state index contributed by atoms with van der Waals surface area (Å²) in [7, 11) is 3.95. The highest BCUT2D eigenvalue weighted by molar-refractivity contribution is 6.04. The summed E-state index contributed by atoms with van der Waals surface area (Å²) in [4.78, 5) is 28.9. The minimum Gasteiger partial charge on any atom is -0.404 e. The fourth-order valence-electron chi connectivity index (χ4n) is 3.51. The highest BCUT2D eigenvalue weighted by Crippen LogP contribution is 2.20. The van der Waals surface area contributed by atoms with E-state index >= 15 is 0 Å². The van der Waals surface area contributed by atoms with Crippen LogP contribution in [0.5, 0.6) is 0 Å². The number of benzene rings is 1. The number of rotatable bonds is 11. The molecule has 5 N–H and O–H groups in total. The molecular weight excluding hydrogens is 404 g/mol. The van der Waals surface area contributed by atoms with Crippen LogP contribution < -0.4 is 21.7 Å². The number of anilines is 2. The van der Waals surface area contributed by atoms with E-state index < -0.39 is 0 Å². The van der Waals surface area contributed by atoms with Gasteiger partial charge in [-0.2, -0.15) is 0 Å². The molecule has 1 heterocycles. The monoisotopic (exact) mass is 442 g/mol. The zero-order chi connectivity index (χ0) is 23.3. The third-order valence-electron chi connectivity index (χ3n) is 5.19. The van der Waals surface area contributed by atoms with Gasteiger partial charge in [0, 0.05) is 61.4 Å². The van der Waals surface area contributed by atoms with Crippen LogP contribution in [-0.4, -0.2) is 74.5 Å². The van der Waals surface area contributed by atoms with Gasteiger partial charge < -0.3 is 31.5 Å². The molecule has 1 unspecified atom stereocenters. The van der Waals surface area contributed by atoms with Crippen LogP contribution in [0.25, 0.3) is 0 Å². The first-order chi connectivity index (χ1) is 15.4. The molecule has 0 aromatic heterocycles. The number of hydrogen-bond donors (Lipinski definition) is 4. The van der Waals surface area contributed by atoms with Crippen LogP contribution in [0.1, 0.15) is 26.2 Å². The first-order valence-corrected chi connectivity index (χ1v) is 11.3. The van der Waals surface area contributed by atoms with Crippen LogP contribution in [-0.2, 0) is 9.59 Å². The van der Waals surface area contributed by atoms with Gasteiger partial charge in [0.1, 0.15) is 0 Å². The minimum atomic E-state index is -0.216. The van der Waals surface area contributed by atoms with Crippen molar-refractivity contribution in [1.82, 2.24) is 15.1 Å². The fourth-order valence-corrected chi connectivity index (χ4v) is 3.51. The van der Waals surface area contributed by atoms with Crippen molar-refractivity contribution in [2.24, 2.45) is 5.73 Å². The SMILES string of the molecule is CCCNC/C(=C\N)C(=O)Nc1cccc(NC2CCCN(C(=O)/C=C/CN(C)C)C2)c1. The Hall–Kier alpha value is -2.84. The maximum Gasteiger partial charge on any atom is 0.254 e. The standard InChI is InChI=1S/C24H38N6O2/c1-4-12-26-17-19(16-25)24(32)28-21-9-5-8-20(15-21)27-22-10-6-14-30(18-22)23(31)11-7-13-29(2)3/h5,7-9,11,15-16,22,26-27H,4,6,10,12-14,17-18,25H2,1-3H3,(H,28,32)/b11-7+,19-16+. The van der Waals surface area contributed by atoms with E-state index in [-0.39, 0.29) is 17.9 Å². The van der Waals surface area contributed by atoms with Crippen LogP contribution in [0.2, 0.25) is 0 Å². The van der Waals surface area contributed by atoms with Crippen molar-refractivity contribution in [2.45, 2.75) is 32.2 Å². The highest BCUT2D eigenvalue weighted by atomic mass is 16.2. The average molecular weight is 443 g/mol. The number of likely N-dealkylation sites (N-methyl/N-ethyl adjacent to an activating group) is 1. The minimum absolute atomic E-state index is 0.0529. The molecule has 0 spiro atoms. The summed E-state index contributed by atoms with van der Waals surface area (Å²) >= 11 is 0. The van der Waals surface area contributed by atoms with E-state index in [2.05, 4.69) is 22.9 Å². The van der Waals surface area contributed by atoms with Gasteiger partial charge in [-0.05, 0) is 58.1 Å². The Balaban J connectivity index is 1.92. The van der Waals surface area contributed by atoms with Crippen molar-refractivity contribution in [3.63, 3.8) is 0 Å². The number of carbonyl (C=O) groups is 2. The molecular formula is C24H38N6O2. The molecule has 8 nitrogen and oxygen atoms in total. The third-order valence-corrected chi connectivity index (χ3v) is 5.19. The largest absolute Gasteiger partial charge is 0.404 e. The highest BCUT2D eigenvalue weighted by Gasteiger charge is 2.22. The molecule has 1 aromatic carbocycles. The number of likely N-dealkylation sites (tertiary alicyclic amines) is 1. The smallest absolute Gasteiger partial charge is 0.254 e. The lowest BCUT2D eigenvalue weighted by Crippen LogP contribution is -2.44. The molecule has 0 bridgehead atoms. The lowest BCUT2D eigenvalue weighted by atomic mass is 10.0. The summed E-state index contributed by atoms with van der Waals surface area (Å²) in [6.45, 7) is 5.51. The maximum absolute atomic E-state index is 12.5. The van der Waals surface area contributed by atoms with Crippen molar-refractivity contribution in [3.8, 4) is 0 Å². The lowest BCUT2D eigenvalue weighted by Gasteiger charge is -2.33. The molecule has 1 saturated heterocycles. The predicted molar refractivity (Wildman–Crippen MR) is 131 cm³/mol. The number of nitrogens with two attached hydrogens (primary N) is 1. The Labute approximate surface area is 191 Å². The van der Waals surface area contributed by atoms with E-state index in [1.54, 1.807) is 6.08 Å². The summed E-state index contributed by atoms with van der Waals surface area (Å²) in [5.74, 6) is -0.163. The second kappa shape index (κ2) is 13.5. The number of amides is 2. The van der Waals surface area contributed by atoms with Crippen LogP contribution >= 0.6 is 0 Å². The summed E-state index contributed by atoms with van der Waals surface area (Å²) in [6.07, 6.45) is 7.84. The summed E-state index contributed by atoms with van der Waals surface area (Å²) in [5.41, 5.74) is 7.74. The Bertz CT molecular complexity index is 805. The van der Waals surface area contributed by atoms with Gasteiger partial charge in [-0.1, -0.05) is 19.1 Å². The van der Waals surface area contributed by atoms with Crippen molar-refractivity contribution in [2.75, 3.05) is 57.5 Å². The normalized spacial score (nSPS) is 17.1. The Morgan fingerprint density at radius 2 is 2.06 bits per heavy atom. The number of hydrogen-bond acceptors (Lipinski definition) is 6. The van der Waals surface area contributed by atoms with Crippen molar-refractivity contribution >= 4 is 23.2 Å². The summed E-state index contributed by atoms with van der Waals surface area (Å²) < 4.78 is 0. The van der Waals surface area contributed by atoms with E-state index in [0.717, 1.165) is 44.6 Å². The van der Waals surface area contributed by atoms with Crippen molar-refractivity contribution in [1.29, 1.82) is 0 Å². The van der Waals surface area contributed by atoms with E-state index in [4.69, 9.17) is 5.73 Å². The first-order valence-electron chi connectivity index (χ1n) is 11.3. The maximum atomic E-state index is 12.5. The molecule has 8 heteroatoms. The van der Waals surface area contributed by atoms with Gasteiger partial charge in [-0.25, -0.2) is 0 Å². The zero-order valence-electron chi connectivity index (χ0n) is 19.6. The Morgan fingerprint density at radius 1 is 1.28 bits per heavy atom. The quantitative estimate of drug-likeness (QED) is 0.309. The average Bonchev–Trinajstić information content (AvgIpc) is 2.77. The second-order valence-electron chi connectivity index (χ2n) is 8.34. The molecule has 0 radical (unpaired) electrons. The Kier molecular flexibility index (Phi) is 10.8. The van der Waals surface area contributed by atoms with Gasteiger partial charge in [0.15, 0.2) is 0 Å². The van der Waals surface area contributed by atoms with Crippen LogP contribution in [0.3, 0.4) is 0 Å². The van der Waals surface area contributed by atoms with E-state index in [1.165, 1.54) is 6.20 Å². The first kappa shape index (κ1) is 25.4. The zero-order valence-corrected chi connectivity index (χ0v) is 19.6. The van der Waals surface area contributed by atoms with E-state index in [0.29, 0.717) is 24.4 Å². The number of nitrogens with zero attached hydrogens (tertiary/aromatic N) is 2. The van der Waals surface area contributed by atoms with Gasteiger partial charge in [0.25, 0.3) is 5.91 Å². The molecule has 176 valence electrons. The van der Waals surface area contributed by atoms with Crippen LogP contribution in [0.15, 0.2) is 48.2 Å². The summed E-state index contributed by atoms with van der Waals surface area (Å²) in [5, 5.41) is 9.61. The van der Waals surface area contributed by atoms with Gasteiger partial charge in [0.2, 0.25) is 5.91 Å². The van der Waals surface area contributed by atoms with E-state index in [9.17, 15) is 9.59 Å². The predicted octanol–water partition coefficient (Wildman–Crippen LogP) is 1.99. The molecule has 1 aromatic rings. The molecule has 2 amide bonds. The Morgan fingerprint density at radius 3 is 2.78 bits per heavy atom. The van der Waals surface area contributed by atoms with Gasteiger partial charge in [-0.3, -0.25) is 9.59 Å². The molecule has 1 aliphatic rings. The third kappa shape index (κ3) is 8.72. The number of nitrogens with one attached hydrogen (secondary N) is 3. The van der Waals surface area contributed by atoms with Crippen LogP contribution in [0, 0.1) is 0 Å². The molecule has 1 atom stereocenters. The topological polar surface area (TPSA) is 103 Å². The number of piperidine rings is 1. The van der Waals surface area contributed by atoms with E-state index in [1.807, 2.05) is 54.2 Å². The molecule has 0 aliphatic carbocycles.